The minimum Gasteiger partial charge on any atom is -0.444 e. The maximum atomic E-state index is 11.9. The molecule has 0 aliphatic carbocycles. The van der Waals surface area contributed by atoms with E-state index in [1.54, 1.807) is 0 Å². The van der Waals surface area contributed by atoms with Gasteiger partial charge in [-0.25, -0.2) is 9.98 Å². The topological polar surface area (TPSA) is 91.5 Å². The van der Waals surface area contributed by atoms with Crippen molar-refractivity contribution >= 4 is 41.5 Å². The molecule has 0 saturated carbocycles. The van der Waals surface area contributed by atoms with Gasteiger partial charge in [0, 0.05) is 12.2 Å². The molecule has 0 aliphatic heterocycles. The second-order valence-electron chi connectivity index (χ2n) is 5.21. The predicted molar refractivity (Wildman–Crippen MR) is 109 cm³/mol. The van der Waals surface area contributed by atoms with Crippen LogP contribution in [-0.4, -0.2) is 29.9 Å². The Labute approximate surface area is 164 Å². The van der Waals surface area contributed by atoms with Crippen molar-refractivity contribution in [3.63, 3.8) is 0 Å². The zero-order valence-electron chi connectivity index (χ0n) is 14.6. The van der Waals surface area contributed by atoms with Gasteiger partial charge in [-0.15, -0.1) is 24.0 Å². The molecule has 7 nitrogen and oxygen atoms in total. The van der Waals surface area contributed by atoms with Gasteiger partial charge in [-0.2, -0.15) is 0 Å². The number of aromatic nitrogens is 1. The SMILES string of the molecule is CCNC(=NCC(=O)Nc1ccccc1)NCc1nc(C)c(C)o1.I. The molecule has 0 saturated heterocycles. The van der Waals surface area contributed by atoms with Gasteiger partial charge in [0.2, 0.25) is 11.8 Å². The maximum Gasteiger partial charge on any atom is 0.246 e. The molecule has 0 fully saturated rings. The van der Waals surface area contributed by atoms with Crippen LogP contribution in [0.1, 0.15) is 24.3 Å². The number of aliphatic imine (C=N–C) groups is 1. The van der Waals surface area contributed by atoms with E-state index >= 15 is 0 Å². The molecule has 1 heterocycles. The Balaban J connectivity index is 0.00000312. The smallest absolute Gasteiger partial charge is 0.246 e. The van der Waals surface area contributed by atoms with Crippen LogP contribution in [-0.2, 0) is 11.3 Å². The quantitative estimate of drug-likeness (QED) is 0.353. The zero-order valence-corrected chi connectivity index (χ0v) is 17.0. The number of anilines is 1. The van der Waals surface area contributed by atoms with Gasteiger partial charge < -0.3 is 20.4 Å². The number of para-hydroxylation sites is 1. The normalized spacial score (nSPS) is 10.8. The number of benzene rings is 1. The van der Waals surface area contributed by atoms with Crippen molar-refractivity contribution in [2.24, 2.45) is 4.99 Å². The first-order valence-corrected chi connectivity index (χ1v) is 7.88. The Kier molecular flexibility index (Phi) is 8.96. The fourth-order valence-electron chi connectivity index (χ4n) is 1.99. The molecule has 0 spiro atoms. The lowest BCUT2D eigenvalue weighted by molar-refractivity contribution is -0.114. The molecule has 2 aromatic rings. The number of aryl methyl sites for hydroxylation is 2. The Hall–Kier alpha value is -2.10. The minimum absolute atomic E-state index is 0. The fourth-order valence-corrected chi connectivity index (χ4v) is 1.99. The highest BCUT2D eigenvalue weighted by atomic mass is 127. The first kappa shape index (κ1) is 20.9. The van der Waals surface area contributed by atoms with E-state index in [2.05, 4.69) is 25.9 Å². The molecule has 1 amide bonds. The summed E-state index contributed by atoms with van der Waals surface area (Å²) in [6, 6.07) is 9.29. The summed E-state index contributed by atoms with van der Waals surface area (Å²) in [5.74, 6) is 1.75. The Morgan fingerprint density at radius 1 is 1.20 bits per heavy atom. The van der Waals surface area contributed by atoms with Crippen molar-refractivity contribution in [1.82, 2.24) is 15.6 Å². The number of carbonyl (C=O) groups is 1. The van der Waals surface area contributed by atoms with Crippen LogP contribution in [0.5, 0.6) is 0 Å². The lowest BCUT2D eigenvalue weighted by Gasteiger charge is -2.09. The van der Waals surface area contributed by atoms with Gasteiger partial charge in [-0.3, -0.25) is 4.79 Å². The van der Waals surface area contributed by atoms with Crippen molar-refractivity contribution in [2.75, 3.05) is 18.4 Å². The van der Waals surface area contributed by atoms with Crippen LogP contribution < -0.4 is 16.0 Å². The van der Waals surface area contributed by atoms with Gasteiger partial charge in [0.25, 0.3) is 0 Å². The molecule has 0 aliphatic rings. The van der Waals surface area contributed by atoms with Crippen LogP contribution in [0.15, 0.2) is 39.7 Å². The number of nitrogens with zero attached hydrogens (tertiary/aromatic N) is 2. The molecule has 1 aromatic carbocycles. The number of halogens is 1. The molecule has 136 valence electrons. The van der Waals surface area contributed by atoms with Crippen LogP contribution in [0, 0.1) is 13.8 Å². The third-order valence-electron chi connectivity index (χ3n) is 3.26. The third kappa shape index (κ3) is 7.12. The lowest BCUT2D eigenvalue weighted by atomic mass is 10.3. The summed E-state index contributed by atoms with van der Waals surface area (Å²) in [5, 5.41) is 8.97. The average molecular weight is 457 g/mol. The van der Waals surface area contributed by atoms with Crippen molar-refractivity contribution in [3.05, 3.63) is 47.7 Å². The van der Waals surface area contributed by atoms with Gasteiger partial charge in [-0.1, -0.05) is 18.2 Å². The van der Waals surface area contributed by atoms with E-state index < -0.39 is 0 Å². The summed E-state index contributed by atoms with van der Waals surface area (Å²) in [7, 11) is 0. The summed E-state index contributed by atoms with van der Waals surface area (Å²) in [4.78, 5) is 20.5. The van der Waals surface area contributed by atoms with Crippen LogP contribution in [0.3, 0.4) is 0 Å². The summed E-state index contributed by atoms with van der Waals surface area (Å²) < 4.78 is 5.51. The summed E-state index contributed by atoms with van der Waals surface area (Å²) in [6.45, 7) is 6.85. The Morgan fingerprint density at radius 2 is 1.92 bits per heavy atom. The third-order valence-corrected chi connectivity index (χ3v) is 3.26. The van der Waals surface area contributed by atoms with Gasteiger partial charge in [-0.05, 0) is 32.9 Å². The van der Waals surface area contributed by atoms with E-state index in [0.717, 1.165) is 17.1 Å². The molecular formula is C17H24IN5O2. The second-order valence-corrected chi connectivity index (χ2v) is 5.21. The second kappa shape index (κ2) is 10.7. The number of rotatable bonds is 6. The molecule has 1 aromatic heterocycles. The van der Waals surface area contributed by atoms with E-state index in [4.69, 9.17) is 4.42 Å². The van der Waals surface area contributed by atoms with E-state index in [1.807, 2.05) is 51.1 Å². The summed E-state index contributed by atoms with van der Waals surface area (Å²) in [5.41, 5.74) is 1.62. The lowest BCUT2D eigenvalue weighted by Crippen LogP contribution is -2.37. The average Bonchev–Trinajstić information content (AvgIpc) is 2.89. The van der Waals surface area contributed by atoms with E-state index in [-0.39, 0.29) is 36.4 Å². The summed E-state index contributed by atoms with van der Waals surface area (Å²) >= 11 is 0. The highest BCUT2D eigenvalue weighted by Crippen LogP contribution is 2.07. The monoisotopic (exact) mass is 457 g/mol. The van der Waals surface area contributed by atoms with E-state index in [1.165, 1.54) is 0 Å². The van der Waals surface area contributed by atoms with Crippen LogP contribution in [0.2, 0.25) is 0 Å². The predicted octanol–water partition coefficient (Wildman–Crippen LogP) is 2.60. The molecule has 0 bridgehead atoms. The number of nitrogens with one attached hydrogen (secondary N) is 3. The molecule has 0 radical (unpaired) electrons. The first-order chi connectivity index (χ1) is 11.6. The number of hydrogen-bond acceptors (Lipinski definition) is 4. The number of guanidine groups is 1. The number of amides is 1. The van der Waals surface area contributed by atoms with Crippen molar-refractivity contribution in [1.29, 1.82) is 0 Å². The standard InChI is InChI=1S/C17H23N5O2.HI/c1-4-18-17(20-11-16-21-12(2)13(3)24-16)19-10-15(23)22-14-8-6-5-7-9-14;/h5-9H,4,10-11H2,1-3H3,(H,22,23)(H2,18,19,20);1H. The molecule has 0 atom stereocenters. The van der Waals surface area contributed by atoms with Crippen LogP contribution in [0.25, 0.3) is 0 Å². The highest BCUT2D eigenvalue weighted by Gasteiger charge is 2.07. The van der Waals surface area contributed by atoms with Gasteiger partial charge in [0.1, 0.15) is 12.3 Å². The number of carbonyl (C=O) groups excluding carboxylic acids is 1. The van der Waals surface area contributed by atoms with Crippen molar-refractivity contribution < 1.29 is 9.21 Å². The Morgan fingerprint density at radius 3 is 2.52 bits per heavy atom. The van der Waals surface area contributed by atoms with Crippen molar-refractivity contribution in [2.45, 2.75) is 27.3 Å². The molecule has 8 heteroatoms. The maximum absolute atomic E-state index is 11.9. The minimum atomic E-state index is -0.179. The molecule has 25 heavy (non-hydrogen) atoms. The van der Waals surface area contributed by atoms with E-state index in [0.29, 0.717) is 24.9 Å². The molecule has 0 unspecified atom stereocenters. The number of oxazole rings is 1. The fraction of sp³-hybridized carbons (Fsp3) is 0.353. The molecular weight excluding hydrogens is 433 g/mol. The van der Waals surface area contributed by atoms with E-state index in [9.17, 15) is 4.79 Å². The Bertz CT molecular complexity index is 681. The van der Waals surface area contributed by atoms with Gasteiger partial charge in [0.05, 0.1) is 12.2 Å². The van der Waals surface area contributed by atoms with Crippen LogP contribution >= 0.6 is 24.0 Å². The zero-order chi connectivity index (χ0) is 17.4. The largest absolute Gasteiger partial charge is 0.444 e. The highest BCUT2D eigenvalue weighted by molar-refractivity contribution is 14.0. The van der Waals surface area contributed by atoms with Gasteiger partial charge in [0.15, 0.2) is 5.96 Å². The summed E-state index contributed by atoms with van der Waals surface area (Å²) in [6.07, 6.45) is 0. The first-order valence-electron chi connectivity index (χ1n) is 7.88. The van der Waals surface area contributed by atoms with Crippen molar-refractivity contribution in [3.8, 4) is 0 Å². The van der Waals surface area contributed by atoms with Gasteiger partial charge >= 0.3 is 0 Å². The van der Waals surface area contributed by atoms with Crippen LogP contribution in [0.4, 0.5) is 5.69 Å². The molecule has 2 rings (SSSR count). The molecule has 3 N–H and O–H groups in total. The number of hydrogen-bond donors (Lipinski definition) is 3.